The van der Waals surface area contributed by atoms with Gasteiger partial charge in [0, 0.05) is 18.1 Å². The smallest absolute Gasteiger partial charge is 0.196 e. The van der Waals surface area contributed by atoms with Crippen LogP contribution in [0.4, 0.5) is 13.2 Å². The molecule has 0 saturated heterocycles. The Hall–Kier alpha value is -2.27. The molecule has 1 aromatic carbocycles. The molecule has 1 fully saturated rings. The predicted molar refractivity (Wildman–Crippen MR) is 134 cm³/mol. The van der Waals surface area contributed by atoms with Gasteiger partial charge in [0.2, 0.25) is 0 Å². The second-order valence-electron chi connectivity index (χ2n) is 9.99. The Morgan fingerprint density at radius 2 is 1.66 bits per heavy atom. The lowest BCUT2D eigenvalue weighted by molar-refractivity contribution is 0.0964. The van der Waals surface area contributed by atoms with E-state index >= 15 is 0 Å². The molecule has 3 aliphatic carbocycles. The molecule has 1 aromatic rings. The van der Waals surface area contributed by atoms with Gasteiger partial charge in [-0.2, -0.15) is 0 Å². The van der Waals surface area contributed by atoms with E-state index in [1.807, 2.05) is 37.3 Å². The summed E-state index contributed by atoms with van der Waals surface area (Å²) in [4.78, 5) is 0. The molecule has 0 N–H and O–H groups in total. The Morgan fingerprint density at radius 3 is 2.31 bits per heavy atom. The summed E-state index contributed by atoms with van der Waals surface area (Å²) < 4.78 is 55.4. The number of ether oxygens (including phenoxy) is 2. The summed E-state index contributed by atoms with van der Waals surface area (Å²) >= 11 is 0. The summed E-state index contributed by atoms with van der Waals surface area (Å²) in [6.07, 6.45) is 12.6. The molecule has 1 saturated carbocycles. The lowest BCUT2D eigenvalue weighted by Crippen LogP contribution is -2.24. The van der Waals surface area contributed by atoms with Crippen LogP contribution in [0.2, 0.25) is 0 Å². The summed E-state index contributed by atoms with van der Waals surface area (Å²) in [7, 11) is 0. The fraction of sp³-hybridized carbons (Fsp3) is 0.533. The van der Waals surface area contributed by atoms with Gasteiger partial charge < -0.3 is 9.47 Å². The van der Waals surface area contributed by atoms with Crippen molar-refractivity contribution in [3.05, 3.63) is 76.9 Å². The molecule has 190 valence electrons. The lowest BCUT2D eigenvalue weighted by Gasteiger charge is -2.34. The highest BCUT2D eigenvalue weighted by Crippen LogP contribution is 2.44. The third-order valence-corrected chi connectivity index (χ3v) is 7.65. The predicted octanol–water partition coefficient (Wildman–Crippen LogP) is 8.91. The Balaban J connectivity index is 1.31. The summed E-state index contributed by atoms with van der Waals surface area (Å²) in [6.45, 7) is 4.77. The number of benzene rings is 1. The van der Waals surface area contributed by atoms with Gasteiger partial charge in [0.05, 0.1) is 6.10 Å². The number of rotatable bonds is 9. The maximum absolute atomic E-state index is 14.9. The van der Waals surface area contributed by atoms with Crippen molar-refractivity contribution >= 4 is 5.57 Å². The van der Waals surface area contributed by atoms with E-state index in [9.17, 15) is 13.2 Å². The van der Waals surface area contributed by atoms with Crippen molar-refractivity contribution in [2.45, 2.75) is 77.9 Å². The average Bonchev–Trinajstić information content (AvgIpc) is 2.87. The molecule has 0 radical (unpaired) electrons. The van der Waals surface area contributed by atoms with Crippen molar-refractivity contribution in [3.8, 4) is 0 Å². The fourth-order valence-corrected chi connectivity index (χ4v) is 5.70. The van der Waals surface area contributed by atoms with Crippen molar-refractivity contribution in [3.63, 3.8) is 0 Å². The zero-order valence-electron chi connectivity index (χ0n) is 20.9. The van der Waals surface area contributed by atoms with Crippen molar-refractivity contribution in [2.24, 2.45) is 17.8 Å². The topological polar surface area (TPSA) is 18.5 Å². The molecule has 0 aromatic heterocycles. The SMILES string of the molecule is CCCC1CCC(C2CC=C(OCc3ccc(C4=CCC(OCC)C=C4F)cc3)C(F)=C2F)CC1. The van der Waals surface area contributed by atoms with Crippen LogP contribution < -0.4 is 0 Å². The van der Waals surface area contributed by atoms with Crippen LogP contribution in [0.15, 0.2) is 65.7 Å². The number of hydrogen-bond acceptors (Lipinski definition) is 2. The molecule has 0 amide bonds. The van der Waals surface area contributed by atoms with Gasteiger partial charge in [-0.15, -0.1) is 0 Å². The minimum Gasteiger partial charge on any atom is -0.486 e. The molecule has 35 heavy (non-hydrogen) atoms. The largest absolute Gasteiger partial charge is 0.486 e. The van der Waals surface area contributed by atoms with Gasteiger partial charge in [-0.25, -0.2) is 13.2 Å². The van der Waals surface area contributed by atoms with E-state index in [1.165, 1.54) is 18.9 Å². The van der Waals surface area contributed by atoms with E-state index in [0.29, 0.717) is 25.0 Å². The first-order chi connectivity index (χ1) is 17.0. The maximum atomic E-state index is 14.9. The first kappa shape index (κ1) is 25.8. The van der Waals surface area contributed by atoms with Gasteiger partial charge in [0.15, 0.2) is 11.6 Å². The average molecular weight is 487 g/mol. The highest BCUT2D eigenvalue weighted by Gasteiger charge is 2.34. The van der Waals surface area contributed by atoms with Gasteiger partial charge >= 0.3 is 0 Å². The van der Waals surface area contributed by atoms with Crippen LogP contribution in [0.5, 0.6) is 0 Å². The first-order valence-corrected chi connectivity index (χ1v) is 13.2. The van der Waals surface area contributed by atoms with Crippen LogP contribution >= 0.6 is 0 Å². The Bertz CT molecular complexity index is 981. The third kappa shape index (κ3) is 6.30. The highest BCUT2D eigenvalue weighted by molar-refractivity contribution is 5.78. The van der Waals surface area contributed by atoms with Crippen molar-refractivity contribution < 1.29 is 22.6 Å². The minimum absolute atomic E-state index is 0.00609. The summed E-state index contributed by atoms with van der Waals surface area (Å²) in [5, 5.41) is 0. The zero-order chi connectivity index (χ0) is 24.8. The molecular formula is C30H37F3O2. The first-order valence-electron chi connectivity index (χ1n) is 13.2. The second-order valence-corrected chi connectivity index (χ2v) is 9.99. The molecule has 2 nitrogen and oxygen atoms in total. The van der Waals surface area contributed by atoms with E-state index in [1.54, 1.807) is 6.08 Å². The van der Waals surface area contributed by atoms with Gasteiger partial charge in [0.25, 0.3) is 0 Å². The molecule has 2 atom stereocenters. The van der Waals surface area contributed by atoms with Crippen molar-refractivity contribution in [1.82, 2.24) is 0 Å². The second kappa shape index (κ2) is 12.1. The zero-order valence-corrected chi connectivity index (χ0v) is 20.9. The van der Waals surface area contributed by atoms with E-state index in [4.69, 9.17) is 9.47 Å². The van der Waals surface area contributed by atoms with Gasteiger partial charge in [-0.1, -0.05) is 62.9 Å². The molecule has 5 heteroatoms. The van der Waals surface area contributed by atoms with Gasteiger partial charge in [-0.3, -0.25) is 0 Å². The van der Waals surface area contributed by atoms with Crippen molar-refractivity contribution in [2.75, 3.05) is 6.61 Å². The molecule has 4 rings (SSSR count). The molecule has 0 bridgehead atoms. The third-order valence-electron chi connectivity index (χ3n) is 7.65. The van der Waals surface area contributed by atoms with E-state index in [0.717, 1.165) is 42.7 Å². The molecule has 0 aliphatic heterocycles. The van der Waals surface area contributed by atoms with Crippen LogP contribution in [0.3, 0.4) is 0 Å². The summed E-state index contributed by atoms with van der Waals surface area (Å²) in [5.41, 5.74) is 2.13. The Labute approximate surface area is 207 Å². The number of halogens is 3. The monoisotopic (exact) mass is 486 g/mol. The van der Waals surface area contributed by atoms with Gasteiger partial charge in [-0.05, 0) is 67.7 Å². The summed E-state index contributed by atoms with van der Waals surface area (Å²) in [6, 6.07) is 7.31. The molecule has 2 unspecified atom stereocenters. The minimum atomic E-state index is -0.850. The summed E-state index contributed by atoms with van der Waals surface area (Å²) in [5.74, 6) is -1.20. The highest BCUT2D eigenvalue weighted by atomic mass is 19.2. The molecular weight excluding hydrogens is 449 g/mol. The van der Waals surface area contributed by atoms with E-state index in [2.05, 4.69) is 6.92 Å². The van der Waals surface area contributed by atoms with Crippen LogP contribution in [0, 0.1) is 17.8 Å². The maximum Gasteiger partial charge on any atom is 0.196 e. The normalized spacial score (nSPS) is 27.3. The van der Waals surface area contributed by atoms with E-state index < -0.39 is 11.7 Å². The Morgan fingerprint density at radius 1 is 0.914 bits per heavy atom. The van der Waals surface area contributed by atoms with E-state index in [-0.39, 0.29) is 36.1 Å². The standard InChI is InChI=1S/C30H37F3O2/c1-3-5-20-6-10-23(11-7-20)26-16-17-28(30(33)29(26)32)35-19-21-8-12-22(13-9-21)25-15-14-24(34-4-2)18-27(25)31/h8-9,12-13,15,17-18,20,23-24,26H,3-7,10-11,14,16,19H2,1-2H3. The Kier molecular flexibility index (Phi) is 8.94. The van der Waals surface area contributed by atoms with Gasteiger partial charge in [0.1, 0.15) is 18.3 Å². The number of hydrogen-bond donors (Lipinski definition) is 0. The number of allylic oxidation sites excluding steroid dienone is 5. The molecule has 0 spiro atoms. The quantitative estimate of drug-likeness (QED) is 0.347. The molecule has 0 heterocycles. The fourth-order valence-electron chi connectivity index (χ4n) is 5.70. The van der Waals surface area contributed by atoms with Crippen LogP contribution in [-0.2, 0) is 16.1 Å². The van der Waals surface area contributed by atoms with Crippen molar-refractivity contribution in [1.29, 1.82) is 0 Å². The van der Waals surface area contributed by atoms with Crippen LogP contribution in [-0.4, -0.2) is 12.7 Å². The van der Waals surface area contributed by atoms with Crippen LogP contribution in [0.25, 0.3) is 5.57 Å². The lowest BCUT2D eigenvalue weighted by atomic mass is 9.72. The molecule has 3 aliphatic rings. The van der Waals surface area contributed by atoms with Crippen LogP contribution in [0.1, 0.15) is 76.3 Å².